The number of piperazine rings is 1. The number of unbranched alkanes of at least 4 members (excludes halogenated alkanes) is 3. The van der Waals surface area contributed by atoms with E-state index in [1.807, 2.05) is 4.90 Å². The van der Waals surface area contributed by atoms with E-state index in [0.29, 0.717) is 12.6 Å². The summed E-state index contributed by atoms with van der Waals surface area (Å²) in [6.07, 6.45) is 3.75. The van der Waals surface area contributed by atoms with Crippen LogP contribution in [0.25, 0.3) is 0 Å². The summed E-state index contributed by atoms with van der Waals surface area (Å²) in [6.45, 7) is 8.55. The van der Waals surface area contributed by atoms with Crippen molar-refractivity contribution in [3.63, 3.8) is 0 Å². The second-order valence-corrected chi connectivity index (χ2v) is 5.71. The summed E-state index contributed by atoms with van der Waals surface area (Å²) in [4.78, 5) is 26.7. The lowest BCUT2D eigenvalue weighted by Gasteiger charge is -2.39. The molecule has 0 saturated carbocycles. The van der Waals surface area contributed by atoms with Gasteiger partial charge in [-0.05, 0) is 26.3 Å². The van der Waals surface area contributed by atoms with Crippen LogP contribution in [0.2, 0.25) is 0 Å². The van der Waals surface area contributed by atoms with Crippen LogP contribution in [0.3, 0.4) is 0 Å². The number of amides is 2. The first-order chi connectivity index (χ1) is 10.0. The van der Waals surface area contributed by atoms with Crippen molar-refractivity contribution in [2.24, 2.45) is 0 Å². The number of nitrogens with one attached hydrogen (secondary N) is 1. The molecule has 0 aromatic carbocycles. The van der Waals surface area contributed by atoms with E-state index < -0.39 is 5.97 Å². The first kappa shape index (κ1) is 17.8. The zero-order valence-electron chi connectivity index (χ0n) is 13.3. The number of carbonyl (C=O) groups is 2. The minimum atomic E-state index is -0.733. The molecule has 0 radical (unpaired) electrons. The maximum absolute atomic E-state index is 12.0. The Bertz CT molecular complexity index is 336. The lowest BCUT2D eigenvalue weighted by Crippen LogP contribution is -2.55. The Morgan fingerprint density at radius 1 is 1.19 bits per heavy atom. The van der Waals surface area contributed by atoms with E-state index >= 15 is 0 Å². The maximum atomic E-state index is 12.0. The molecular weight excluding hydrogens is 270 g/mol. The second-order valence-electron chi connectivity index (χ2n) is 5.71. The van der Waals surface area contributed by atoms with E-state index in [-0.39, 0.29) is 12.5 Å². The molecule has 0 aliphatic carbocycles. The van der Waals surface area contributed by atoms with E-state index in [1.165, 1.54) is 0 Å². The molecule has 1 aliphatic heterocycles. The van der Waals surface area contributed by atoms with Crippen LogP contribution in [0.15, 0.2) is 0 Å². The van der Waals surface area contributed by atoms with Crippen molar-refractivity contribution in [1.29, 1.82) is 0 Å². The molecule has 0 aromatic heterocycles. The van der Waals surface area contributed by atoms with Crippen LogP contribution in [-0.2, 0) is 4.79 Å². The maximum Gasteiger partial charge on any atom is 0.317 e. The number of rotatable bonds is 8. The van der Waals surface area contributed by atoms with Gasteiger partial charge in [-0.25, -0.2) is 4.79 Å². The van der Waals surface area contributed by atoms with Crippen molar-refractivity contribution in [2.75, 3.05) is 32.7 Å². The van der Waals surface area contributed by atoms with Gasteiger partial charge in [-0.3, -0.25) is 9.69 Å². The molecule has 0 spiro atoms. The summed E-state index contributed by atoms with van der Waals surface area (Å²) in [5.41, 5.74) is 0. The summed E-state index contributed by atoms with van der Waals surface area (Å²) < 4.78 is 0. The van der Waals surface area contributed by atoms with Gasteiger partial charge in [-0.2, -0.15) is 0 Å². The van der Waals surface area contributed by atoms with Gasteiger partial charge in [0.25, 0.3) is 0 Å². The summed E-state index contributed by atoms with van der Waals surface area (Å²) in [7, 11) is 0. The molecule has 1 atom stereocenters. The van der Waals surface area contributed by atoms with Crippen molar-refractivity contribution in [2.45, 2.75) is 52.0 Å². The van der Waals surface area contributed by atoms with Gasteiger partial charge in [-0.15, -0.1) is 0 Å². The average Bonchev–Trinajstić information content (AvgIpc) is 2.45. The summed E-state index contributed by atoms with van der Waals surface area (Å²) in [5, 5.41) is 11.5. The summed E-state index contributed by atoms with van der Waals surface area (Å²) >= 11 is 0. The van der Waals surface area contributed by atoms with Gasteiger partial charge in [0.2, 0.25) is 0 Å². The van der Waals surface area contributed by atoms with E-state index in [2.05, 4.69) is 24.1 Å². The molecule has 1 heterocycles. The Morgan fingerprint density at radius 3 is 2.52 bits per heavy atom. The van der Waals surface area contributed by atoms with Crippen molar-refractivity contribution >= 4 is 12.0 Å². The molecule has 1 aliphatic rings. The lowest BCUT2D eigenvalue weighted by molar-refractivity contribution is -0.137. The first-order valence-electron chi connectivity index (χ1n) is 8.03. The fourth-order valence-corrected chi connectivity index (χ4v) is 2.71. The highest BCUT2D eigenvalue weighted by molar-refractivity contribution is 5.74. The van der Waals surface area contributed by atoms with Gasteiger partial charge >= 0.3 is 12.0 Å². The third-order valence-corrected chi connectivity index (χ3v) is 4.05. The van der Waals surface area contributed by atoms with Gasteiger partial charge in [0, 0.05) is 38.6 Å². The average molecular weight is 299 g/mol. The fourth-order valence-electron chi connectivity index (χ4n) is 2.71. The zero-order chi connectivity index (χ0) is 15.7. The number of carboxylic acids is 1. The molecule has 122 valence electrons. The van der Waals surface area contributed by atoms with Gasteiger partial charge in [0.1, 0.15) is 0 Å². The Labute approximate surface area is 127 Å². The van der Waals surface area contributed by atoms with E-state index in [9.17, 15) is 9.59 Å². The Hall–Kier alpha value is -1.30. The highest BCUT2D eigenvalue weighted by Gasteiger charge is 2.25. The monoisotopic (exact) mass is 299 g/mol. The van der Waals surface area contributed by atoms with E-state index in [1.54, 1.807) is 0 Å². The third-order valence-electron chi connectivity index (χ3n) is 4.05. The molecular formula is C15H29N3O3. The molecule has 1 fully saturated rings. The van der Waals surface area contributed by atoms with Gasteiger partial charge in [-0.1, -0.05) is 19.8 Å². The van der Waals surface area contributed by atoms with E-state index in [0.717, 1.165) is 51.9 Å². The quantitative estimate of drug-likeness (QED) is 0.670. The molecule has 1 saturated heterocycles. The third kappa shape index (κ3) is 6.80. The standard InChI is InChI=1S/C15H29N3O3/c1-3-17-10-11-18(12-13(17)2)15(21)16-9-7-5-4-6-8-14(19)20/h13H,3-12H2,1-2H3,(H,16,21)(H,19,20). The molecule has 21 heavy (non-hydrogen) atoms. The van der Waals surface area contributed by atoms with E-state index in [4.69, 9.17) is 5.11 Å². The number of urea groups is 1. The zero-order valence-corrected chi connectivity index (χ0v) is 13.3. The highest BCUT2D eigenvalue weighted by atomic mass is 16.4. The van der Waals surface area contributed by atoms with Crippen LogP contribution in [0, 0.1) is 0 Å². The van der Waals surface area contributed by atoms with Crippen molar-refractivity contribution < 1.29 is 14.7 Å². The molecule has 6 heteroatoms. The summed E-state index contributed by atoms with van der Waals surface area (Å²) in [5.74, 6) is -0.733. The molecule has 0 bridgehead atoms. The molecule has 0 aromatic rings. The van der Waals surface area contributed by atoms with Gasteiger partial charge in [0.15, 0.2) is 0 Å². The van der Waals surface area contributed by atoms with Crippen molar-refractivity contribution in [1.82, 2.24) is 15.1 Å². The number of aliphatic carboxylic acids is 1. The first-order valence-corrected chi connectivity index (χ1v) is 8.03. The predicted molar refractivity (Wildman–Crippen MR) is 82.4 cm³/mol. The number of hydrogen-bond acceptors (Lipinski definition) is 3. The number of carbonyl (C=O) groups excluding carboxylic acids is 1. The Morgan fingerprint density at radius 2 is 1.90 bits per heavy atom. The van der Waals surface area contributed by atoms with Crippen molar-refractivity contribution in [3.8, 4) is 0 Å². The predicted octanol–water partition coefficient (Wildman–Crippen LogP) is 1.76. The molecule has 2 amide bonds. The fraction of sp³-hybridized carbons (Fsp3) is 0.867. The van der Waals surface area contributed by atoms with Crippen LogP contribution < -0.4 is 5.32 Å². The minimum Gasteiger partial charge on any atom is -0.481 e. The number of carboxylic acid groups (broad SMARTS) is 1. The van der Waals surface area contributed by atoms with Crippen LogP contribution in [0.5, 0.6) is 0 Å². The van der Waals surface area contributed by atoms with Crippen LogP contribution in [0.4, 0.5) is 4.79 Å². The topological polar surface area (TPSA) is 72.9 Å². The van der Waals surface area contributed by atoms with Crippen LogP contribution >= 0.6 is 0 Å². The number of nitrogens with zero attached hydrogens (tertiary/aromatic N) is 2. The Kier molecular flexibility index (Phi) is 8.12. The molecule has 1 rings (SSSR count). The largest absolute Gasteiger partial charge is 0.481 e. The smallest absolute Gasteiger partial charge is 0.317 e. The van der Waals surface area contributed by atoms with Crippen molar-refractivity contribution in [3.05, 3.63) is 0 Å². The number of likely N-dealkylation sites (N-methyl/N-ethyl adjacent to an activating group) is 1. The van der Waals surface area contributed by atoms with Gasteiger partial charge in [0.05, 0.1) is 0 Å². The van der Waals surface area contributed by atoms with Crippen LogP contribution in [-0.4, -0.2) is 65.7 Å². The normalized spacial score (nSPS) is 19.5. The van der Waals surface area contributed by atoms with Gasteiger partial charge < -0.3 is 15.3 Å². The highest BCUT2D eigenvalue weighted by Crippen LogP contribution is 2.09. The molecule has 1 unspecified atom stereocenters. The minimum absolute atomic E-state index is 0.0307. The molecule has 2 N–H and O–H groups in total. The SMILES string of the molecule is CCN1CCN(C(=O)NCCCCCCC(=O)O)CC1C. The molecule has 6 nitrogen and oxygen atoms in total. The Balaban J connectivity index is 2.07. The second kappa shape index (κ2) is 9.60. The lowest BCUT2D eigenvalue weighted by atomic mass is 10.1. The van der Waals surface area contributed by atoms with Crippen LogP contribution in [0.1, 0.15) is 46.0 Å². The number of hydrogen-bond donors (Lipinski definition) is 2. The summed E-state index contributed by atoms with van der Waals surface area (Å²) in [6, 6.07) is 0.452.